The van der Waals surface area contributed by atoms with Gasteiger partial charge in [0, 0.05) is 0 Å². The predicted octanol–water partition coefficient (Wildman–Crippen LogP) is 4.48. The van der Waals surface area contributed by atoms with Crippen LogP contribution in [0.15, 0.2) is 42.0 Å². The first-order valence-electron chi connectivity index (χ1n) is 9.99. The van der Waals surface area contributed by atoms with Crippen molar-refractivity contribution in [3.05, 3.63) is 56.7 Å². The quantitative estimate of drug-likeness (QED) is 0.238. The summed E-state index contributed by atoms with van der Waals surface area (Å²) < 4.78 is 12.2. The van der Waals surface area contributed by atoms with E-state index in [9.17, 15) is 9.59 Å². The van der Waals surface area contributed by atoms with Crippen LogP contribution in [0.4, 0.5) is 5.69 Å². The lowest BCUT2D eigenvalue weighted by Crippen LogP contribution is -2.54. The van der Waals surface area contributed by atoms with Gasteiger partial charge in [-0.05, 0) is 96.5 Å². The van der Waals surface area contributed by atoms with Crippen LogP contribution in [-0.2, 0) is 16.0 Å². The fourth-order valence-corrected chi connectivity index (χ4v) is 4.22. The molecule has 31 heavy (non-hydrogen) atoms. The van der Waals surface area contributed by atoms with Crippen molar-refractivity contribution in [2.75, 3.05) is 18.1 Å². The zero-order valence-electron chi connectivity index (χ0n) is 17.5. The SMILES string of the molecule is CCOc1cc(/C=C2\C(=O)NC(=S)N(c3ccc(CC)cc3)C2=O)cc(I)c1OCC. The highest BCUT2D eigenvalue weighted by molar-refractivity contribution is 14.1. The van der Waals surface area contributed by atoms with Crippen molar-refractivity contribution in [3.8, 4) is 11.5 Å². The van der Waals surface area contributed by atoms with Gasteiger partial charge in [-0.3, -0.25) is 19.8 Å². The number of hydrogen-bond acceptors (Lipinski definition) is 5. The summed E-state index contributed by atoms with van der Waals surface area (Å²) in [7, 11) is 0. The van der Waals surface area contributed by atoms with E-state index in [4.69, 9.17) is 21.7 Å². The minimum absolute atomic E-state index is 0.00410. The van der Waals surface area contributed by atoms with Gasteiger partial charge < -0.3 is 9.47 Å². The standard InChI is InChI=1S/C23H23IN2O4S/c1-4-14-7-9-16(10-8-14)26-22(28)17(21(27)25-23(26)31)11-15-12-18(24)20(30-6-3)19(13-15)29-5-2/h7-13H,4-6H2,1-3H3,(H,25,27,31)/b17-11+. The number of hydrogen-bond donors (Lipinski definition) is 1. The van der Waals surface area contributed by atoms with Crippen LogP contribution in [-0.4, -0.2) is 30.1 Å². The van der Waals surface area contributed by atoms with E-state index in [1.807, 2.05) is 44.2 Å². The smallest absolute Gasteiger partial charge is 0.270 e. The first-order chi connectivity index (χ1) is 14.9. The largest absolute Gasteiger partial charge is 0.490 e. The maximum atomic E-state index is 13.2. The average molecular weight is 550 g/mol. The Kier molecular flexibility index (Phi) is 7.66. The molecule has 1 fully saturated rings. The lowest BCUT2D eigenvalue weighted by Gasteiger charge is -2.29. The van der Waals surface area contributed by atoms with Gasteiger partial charge in [0.2, 0.25) is 0 Å². The summed E-state index contributed by atoms with van der Waals surface area (Å²) >= 11 is 7.42. The van der Waals surface area contributed by atoms with E-state index in [-0.39, 0.29) is 10.7 Å². The molecule has 1 aliphatic heterocycles. The number of nitrogens with one attached hydrogen (secondary N) is 1. The molecule has 3 rings (SSSR count). The Morgan fingerprint density at radius 3 is 2.35 bits per heavy atom. The van der Waals surface area contributed by atoms with Gasteiger partial charge in [-0.1, -0.05) is 19.1 Å². The van der Waals surface area contributed by atoms with Gasteiger partial charge in [0.1, 0.15) is 5.57 Å². The van der Waals surface area contributed by atoms with Gasteiger partial charge in [0.05, 0.1) is 22.5 Å². The second-order valence-electron chi connectivity index (χ2n) is 6.67. The van der Waals surface area contributed by atoms with Crippen LogP contribution in [0.2, 0.25) is 0 Å². The first-order valence-corrected chi connectivity index (χ1v) is 11.5. The summed E-state index contributed by atoms with van der Waals surface area (Å²) in [6.45, 7) is 6.80. The molecule has 6 nitrogen and oxygen atoms in total. The van der Waals surface area contributed by atoms with Gasteiger partial charge in [-0.25, -0.2) is 0 Å². The second-order valence-corrected chi connectivity index (χ2v) is 8.22. The molecule has 0 spiro atoms. The summed E-state index contributed by atoms with van der Waals surface area (Å²) in [6.07, 6.45) is 2.44. The molecular weight excluding hydrogens is 527 g/mol. The Labute approximate surface area is 200 Å². The Bertz CT molecular complexity index is 1050. The van der Waals surface area contributed by atoms with Crippen molar-refractivity contribution in [2.24, 2.45) is 0 Å². The Morgan fingerprint density at radius 1 is 1.06 bits per heavy atom. The second kappa shape index (κ2) is 10.2. The van der Waals surface area contributed by atoms with Crippen LogP contribution in [0.1, 0.15) is 31.9 Å². The molecule has 2 amide bonds. The highest BCUT2D eigenvalue weighted by Crippen LogP contribution is 2.35. The molecule has 2 aromatic rings. The molecule has 1 aliphatic rings. The maximum absolute atomic E-state index is 13.2. The van der Waals surface area contributed by atoms with Gasteiger partial charge in [-0.15, -0.1) is 0 Å². The number of aryl methyl sites for hydroxylation is 1. The molecule has 2 aromatic carbocycles. The molecule has 1 heterocycles. The molecule has 0 aromatic heterocycles. The molecule has 0 saturated carbocycles. The van der Waals surface area contributed by atoms with Crippen molar-refractivity contribution >= 4 is 63.5 Å². The zero-order chi connectivity index (χ0) is 22.5. The van der Waals surface area contributed by atoms with Gasteiger partial charge in [0.15, 0.2) is 16.6 Å². The molecule has 162 valence electrons. The molecular formula is C23H23IN2O4S. The predicted molar refractivity (Wildman–Crippen MR) is 134 cm³/mol. The van der Waals surface area contributed by atoms with E-state index in [1.54, 1.807) is 12.1 Å². The maximum Gasteiger partial charge on any atom is 0.270 e. The number of thiocarbonyl (C=S) groups is 1. The van der Waals surface area contributed by atoms with Crippen LogP contribution in [0, 0.1) is 3.57 Å². The number of amides is 2. The molecule has 0 radical (unpaired) electrons. The molecule has 1 saturated heterocycles. The Morgan fingerprint density at radius 2 is 1.74 bits per heavy atom. The molecule has 0 aliphatic carbocycles. The molecule has 8 heteroatoms. The average Bonchev–Trinajstić information content (AvgIpc) is 2.74. The van der Waals surface area contributed by atoms with Crippen molar-refractivity contribution in [3.63, 3.8) is 0 Å². The normalized spacial score (nSPS) is 15.3. The number of carbonyl (C=O) groups excluding carboxylic acids is 2. The topological polar surface area (TPSA) is 67.9 Å². The summed E-state index contributed by atoms with van der Waals surface area (Å²) in [6, 6.07) is 11.1. The van der Waals surface area contributed by atoms with Crippen molar-refractivity contribution < 1.29 is 19.1 Å². The third-order valence-corrected chi connectivity index (χ3v) is 5.72. The van der Waals surface area contributed by atoms with Crippen molar-refractivity contribution in [1.29, 1.82) is 0 Å². The number of nitrogens with zero attached hydrogens (tertiary/aromatic N) is 1. The molecule has 0 bridgehead atoms. The monoisotopic (exact) mass is 550 g/mol. The van der Waals surface area contributed by atoms with E-state index in [1.165, 1.54) is 4.90 Å². The highest BCUT2D eigenvalue weighted by atomic mass is 127. The minimum Gasteiger partial charge on any atom is -0.490 e. The molecule has 1 N–H and O–H groups in total. The summed E-state index contributed by atoms with van der Waals surface area (Å²) in [5.74, 6) is 0.206. The van der Waals surface area contributed by atoms with Crippen LogP contribution >= 0.6 is 34.8 Å². The van der Waals surface area contributed by atoms with Crippen LogP contribution in [0.3, 0.4) is 0 Å². The number of anilines is 1. The summed E-state index contributed by atoms with van der Waals surface area (Å²) in [4.78, 5) is 27.1. The molecule has 0 unspecified atom stereocenters. The number of rotatable bonds is 7. The Balaban J connectivity index is 2.01. The minimum atomic E-state index is -0.529. The van der Waals surface area contributed by atoms with Crippen molar-refractivity contribution in [2.45, 2.75) is 27.2 Å². The zero-order valence-corrected chi connectivity index (χ0v) is 20.5. The van der Waals surface area contributed by atoms with E-state index in [0.717, 1.165) is 15.6 Å². The third kappa shape index (κ3) is 5.07. The third-order valence-electron chi connectivity index (χ3n) is 4.64. The van der Waals surface area contributed by atoms with Gasteiger partial charge in [-0.2, -0.15) is 0 Å². The molecule has 0 atom stereocenters. The van der Waals surface area contributed by atoms with E-state index >= 15 is 0 Å². The van der Waals surface area contributed by atoms with Crippen LogP contribution in [0.5, 0.6) is 11.5 Å². The van der Waals surface area contributed by atoms with Gasteiger partial charge >= 0.3 is 0 Å². The Hall–Kier alpha value is -2.46. The van der Waals surface area contributed by atoms with E-state index in [0.29, 0.717) is 36.0 Å². The number of halogens is 1. The van der Waals surface area contributed by atoms with Crippen LogP contribution < -0.4 is 19.7 Å². The summed E-state index contributed by atoms with van der Waals surface area (Å²) in [5, 5.41) is 2.68. The van der Waals surface area contributed by atoms with E-state index < -0.39 is 11.8 Å². The number of carbonyl (C=O) groups is 2. The van der Waals surface area contributed by atoms with Crippen LogP contribution in [0.25, 0.3) is 6.08 Å². The van der Waals surface area contributed by atoms with E-state index in [2.05, 4.69) is 34.8 Å². The van der Waals surface area contributed by atoms with Crippen molar-refractivity contribution in [1.82, 2.24) is 5.32 Å². The number of benzene rings is 2. The fraction of sp³-hybridized carbons (Fsp3) is 0.261. The number of ether oxygens (including phenoxy) is 2. The van der Waals surface area contributed by atoms with Gasteiger partial charge in [0.25, 0.3) is 11.8 Å². The lowest BCUT2D eigenvalue weighted by molar-refractivity contribution is -0.122. The lowest BCUT2D eigenvalue weighted by atomic mass is 10.1. The fourth-order valence-electron chi connectivity index (χ4n) is 3.16. The summed E-state index contributed by atoms with van der Waals surface area (Å²) in [5.41, 5.74) is 2.40. The highest BCUT2D eigenvalue weighted by Gasteiger charge is 2.34. The first kappa shape index (κ1) is 23.2.